The number of ether oxygens (including phenoxy) is 2. The summed E-state index contributed by atoms with van der Waals surface area (Å²) in [7, 11) is 1.56. The molecule has 0 atom stereocenters. The maximum absolute atomic E-state index is 11.3. The molecule has 118 valence electrons. The van der Waals surface area contributed by atoms with Crippen LogP contribution in [0, 0.1) is 18.3 Å². The topological polar surface area (TPSA) is 79.6 Å². The van der Waals surface area contributed by atoms with Crippen molar-refractivity contribution in [3.63, 3.8) is 0 Å². The summed E-state index contributed by atoms with van der Waals surface area (Å²) in [5.74, 6) is -0.615. The number of nitrogens with zero attached hydrogens (tertiary/aromatic N) is 1. The standard InChI is InChI=1S/C18H17NO4/c1-12-3-4-17(15(7-12)11-19)13-8-14(18(20)21)10-16(9-13)23-6-5-22-2/h3-4,7-10H,5-6H2,1-2H3,(H,20,21). The molecule has 2 rings (SSSR count). The molecule has 0 aromatic heterocycles. The number of nitriles is 1. The van der Waals surface area contributed by atoms with Crippen LogP contribution in [0.3, 0.4) is 0 Å². The first-order valence-corrected chi connectivity index (χ1v) is 7.06. The fourth-order valence-corrected chi connectivity index (χ4v) is 2.21. The highest BCUT2D eigenvalue weighted by Gasteiger charge is 2.12. The van der Waals surface area contributed by atoms with Crippen LogP contribution in [0.1, 0.15) is 21.5 Å². The second-order valence-corrected chi connectivity index (χ2v) is 5.05. The third-order valence-electron chi connectivity index (χ3n) is 3.32. The molecule has 2 aromatic rings. The van der Waals surface area contributed by atoms with Gasteiger partial charge in [0.25, 0.3) is 0 Å². The van der Waals surface area contributed by atoms with Crippen LogP contribution < -0.4 is 4.74 Å². The predicted octanol–water partition coefficient (Wildman–Crippen LogP) is 3.26. The smallest absolute Gasteiger partial charge is 0.335 e. The SMILES string of the molecule is COCCOc1cc(C(=O)O)cc(-c2ccc(C)cc2C#N)c1. The minimum absolute atomic E-state index is 0.111. The monoisotopic (exact) mass is 311 g/mol. The molecule has 0 saturated carbocycles. The molecule has 0 aliphatic rings. The van der Waals surface area contributed by atoms with Gasteiger partial charge < -0.3 is 14.6 Å². The lowest BCUT2D eigenvalue weighted by Crippen LogP contribution is -2.06. The van der Waals surface area contributed by atoms with E-state index in [0.717, 1.165) is 5.56 Å². The summed E-state index contributed by atoms with van der Waals surface area (Å²) in [6.07, 6.45) is 0. The normalized spacial score (nSPS) is 10.1. The van der Waals surface area contributed by atoms with Crippen molar-refractivity contribution in [3.05, 3.63) is 53.1 Å². The van der Waals surface area contributed by atoms with E-state index in [9.17, 15) is 15.2 Å². The fraction of sp³-hybridized carbons (Fsp3) is 0.222. The van der Waals surface area contributed by atoms with Crippen molar-refractivity contribution >= 4 is 5.97 Å². The first kappa shape index (κ1) is 16.5. The van der Waals surface area contributed by atoms with E-state index in [-0.39, 0.29) is 5.56 Å². The maximum atomic E-state index is 11.3. The molecular weight excluding hydrogens is 294 g/mol. The summed E-state index contributed by atoms with van der Waals surface area (Å²) in [6, 6.07) is 12.3. The van der Waals surface area contributed by atoms with Crippen molar-refractivity contribution in [1.82, 2.24) is 0 Å². The van der Waals surface area contributed by atoms with Crippen molar-refractivity contribution in [2.24, 2.45) is 0 Å². The van der Waals surface area contributed by atoms with Gasteiger partial charge in [0.2, 0.25) is 0 Å². The minimum atomic E-state index is -1.05. The van der Waals surface area contributed by atoms with E-state index in [2.05, 4.69) is 6.07 Å². The summed E-state index contributed by atoms with van der Waals surface area (Å²) in [5.41, 5.74) is 2.89. The molecule has 0 unspecified atom stereocenters. The van der Waals surface area contributed by atoms with Crippen molar-refractivity contribution in [1.29, 1.82) is 5.26 Å². The molecule has 0 aliphatic carbocycles. The van der Waals surface area contributed by atoms with E-state index in [1.165, 1.54) is 12.1 Å². The number of carboxylic acid groups (broad SMARTS) is 1. The summed E-state index contributed by atoms with van der Waals surface area (Å²) in [5, 5.41) is 18.6. The minimum Gasteiger partial charge on any atom is -0.491 e. The van der Waals surface area contributed by atoms with Crippen molar-refractivity contribution < 1.29 is 19.4 Å². The zero-order valence-electron chi connectivity index (χ0n) is 13.0. The number of rotatable bonds is 6. The number of methoxy groups -OCH3 is 1. The Morgan fingerprint density at radius 2 is 2.00 bits per heavy atom. The summed E-state index contributed by atoms with van der Waals surface area (Å²) in [4.78, 5) is 11.3. The molecule has 2 aromatic carbocycles. The molecule has 0 bridgehead atoms. The van der Waals surface area contributed by atoms with Gasteiger partial charge in [0.05, 0.1) is 23.8 Å². The van der Waals surface area contributed by atoms with E-state index in [4.69, 9.17) is 9.47 Å². The molecule has 0 heterocycles. The number of carbonyl (C=O) groups is 1. The Bertz CT molecular complexity index is 762. The summed E-state index contributed by atoms with van der Waals surface area (Å²) >= 11 is 0. The zero-order valence-corrected chi connectivity index (χ0v) is 13.0. The van der Waals surface area contributed by atoms with E-state index >= 15 is 0 Å². The second kappa shape index (κ2) is 7.43. The Labute approximate surface area is 134 Å². The largest absolute Gasteiger partial charge is 0.491 e. The summed E-state index contributed by atoms with van der Waals surface area (Å²) < 4.78 is 10.4. The Kier molecular flexibility index (Phi) is 5.34. The van der Waals surface area contributed by atoms with Gasteiger partial charge in [0.15, 0.2) is 0 Å². The number of aryl methyl sites for hydroxylation is 1. The molecule has 0 aliphatic heterocycles. The van der Waals surface area contributed by atoms with Crippen LogP contribution in [0.4, 0.5) is 0 Å². The molecule has 5 heteroatoms. The van der Waals surface area contributed by atoms with Crippen molar-refractivity contribution in [3.8, 4) is 22.9 Å². The van der Waals surface area contributed by atoms with Gasteiger partial charge in [-0.3, -0.25) is 0 Å². The van der Waals surface area contributed by atoms with Gasteiger partial charge in [-0.25, -0.2) is 4.79 Å². The van der Waals surface area contributed by atoms with Gasteiger partial charge in [-0.2, -0.15) is 5.26 Å². The van der Waals surface area contributed by atoms with E-state index in [0.29, 0.717) is 35.7 Å². The fourth-order valence-electron chi connectivity index (χ4n) is 2.21. The first-order valence-electron chi connectivity index (χ1n) is 7.06. The van der Waals surface area contributed by atoms with Crippen LogP contribution in [0.5, 0.6) is 5.75 Å². The number of benzene rings is 2. The second-order valence-electron chi connectivity index (χ2n) is 5.05. The highest BCUT2D eigenvalue weighted by molar-refractivity contribution is 5.90. The zero-order chi connectivity index (χ0) is 16.8. The van der Waals surface area contributed by atoms with Crippen molar-refractivity contribution in [2.75, 3.05) is 20.3 Å². The molecule has 0 radical (unpaired) electrons. The lowest BCUT2D eigenvalue weighted by Gasteiger charge is -2.11. The molecule has 0 amide bonds. The van der Waals surface area contributed by atoms with Gasteiger partial charge >= 0.3 is 5.97 Å². The van der Waals surface area contributed by atoms with E-state index in [1.807, 2.05) is 19.1 Å². The maximum Gasteiger partial charge on any atom is 0.335 e. The average Bonchev–Trinajstić information content (AvgIpc) is 2.54. The first-order chi connectivity index (χ1) is 11.0. The number of hydrogen-bond acceptors (Lipinski definition) is 4. The van der Waals surface area contributed by atoms with Gasteiger partial charge in [0.1, 0.15) is 12.4 Å². The van der Waals surface area contributed by atoms with Crippen LogP contribution in [0.2, 0.25) is 0 Å². The van der Waals surface area contributed by atoms with E-state index in [1.54, 1.807) is 19.2 Å². The molecule has 0 fully saturated rings. The van der Waals surface area contributed by atoms with Gasteiger partial charge in [-0.05, 0) is 47.9 Å². The molecule has 0 spiro atoms. The van der Waals surface area contributed by atoms with Crippen LogP contribution in [0.15, 0.2) is 36.4 Å². The Balaban J connectivity index is 2.49. The van der Waals surface area contributed by atoms with Gasteiger partial charge in [-0.15, -0.1) is 0 Å². The third-order valence-corrected chi connectivity index (χ3v) is 3.32. The lowest BCUT2D eigenvalue weighted by atomic mass is 9.97. The lowest BCUT2D eigenvalue weighted by molar-refractivity contribution is 0.0696. The predicted molar refractivity (Wildman–Crippen MR) is 85.7 cm³/mol. The van der Waals surface area contributed by atoms with E-state index < -0.39 is 5.97 Å². The number of aromatic carboxylic acids is 1. The van der Waals surface area contributed by atoms with Crippen LogP contribution in [-0.4, -0.2) is 31.4 Å². The Morgan fingerprint density at radius 3 is 2.65 bits per heavy atom. The third kappa shape index (κ3) is 4.09. The van der Waals surface area contributed by atoms with Crippen molar-refractivity contribution in [2.45, 2.75) is 6.92 Å². The Hall–Kier alpha value is -2.84. The molecule has 0 saturated heterocycles. The van der Waals surface area contributed by atoms with Gasteiger partial charge in [0, 0.05) is 7.11 Å². The number of hydrogen-bond donors (Lipinski definition) is 1. The highest BCUT2D eigenvalue weighted by Crippen LogP contribution is 2.29. The highest BCUT2D eigenvalue weighted by atomic mass is 16.5. The molecule has 1 N–H and O–H groups in total. The van der Waals surface area contributed by atoms with Crippen LogP contribution >= 0.6 is 0 Å². The average molecular weight is 311 g/mol. The molecular formula is C18H17NO4. The molecule has 23 heavy (non-hydrogen) atoms. The number of carboxylic acids is 1. The summed E-state index contributed by atoms with van der Waals surface area (Å²) in [6.45, 7) is 2.62. The van der Waals surface area contributed by atoms with Crippen LogP contribution in [-0.2, 0) is 4.74 Å². The van der Waals surface area contributed by atoms with Gasteiger partial charge in [-0.1, -0.05) is 12.1 Å². The Morgan fingerprint density at radius 1 is 1.22 bits per heavy atom. The van der Waals surface area contributed by atoms with Crippen LogP contribution in [0.25, 0.3) is 11.1 Å². The molecule has 5 nitrogen and oxygen atoms in total. The quantitative estimate of drug-likeness (QED) is 0.828.